The first kappa shape index (κ1) is 24.6. The fourth-order valence-electron chi connectivity index (χ4n) is 5.17. The molecule has 1 atom stereocenters. The molecule has 27 heavy (non-hydrogen) atoms. The highest BCUT2D eigenvalue weighted by molar-refractivity contribution is 7.80. The first-order chi connectivity index (χ1) is 12.7. The number of halogens is 2. The van der Waals surface area contributed by atoms with Crippen LogP contribution in [0.5, 0.6) is 0 Å². The Balaban J connectivity index is 0.000000346. The van der Waals surface area contributed by atoms with Crippen molar-refractivity contribution in [2.45, 2.75) is 70.2 Å². The Morgan fingerprint density at radius 2 is 1.41 bits per heavy atom. The number of nitrogens with zero attached hydrogens (tertiary/aromatic N) is 1. The van der Waals surface area contributed by atoms with Crippen molar-refractivity contribution in [2.75, 3.05) is 26.2 Å². The van der Waals surface area contributed by atoms with Crippen LogP contribution in [0.2, 0.25) is 0 Å². The molecular formula is C19H35F2NO4S. The molecule has 5 nitrogen and oxygen atoms in total. The summed E-state index contributed by atoms with van der Waals surface area (Å²) in [5.74, 6) is 1.85. The molecule has 0 heterocycles. The molecule has 4 fully saturated rings. The van der Waals surface area contributed by atoms with Crippen LogP contribution in [0, 0.1) is 17.8 Å². The van der Waals surface area contributed by atoms with E-state index in [1.807, 2.05) is 6.79 Å². The Morgan fingerprint density at radius 1 is 1.04 bits per heavy atom. The van der Waals surface area contributed by atoms with Crippen LogP contribution in [-0.2, 0) is 20.6 Å². The van der Waals surface area contributed by atoms with Crippen LogP contribution in [0.25, 0.3) is 0 Å². The fourth-order valence-corrected chi connectivity index (χ4v) is 5.33. The monoisotopic (exact) mass is 411 g/mol. The molecule has 0 saturated heterocycles. The predicted octanol–water partition coefficient (Wildman–Crippen LogP) is 3.95. The van der Waals surface area contributed by atoms with E-state index in [-0.39, 0.29) is 0 Å². The van der Waals surface area contributed by atoms with Gasteiger partial charge in [0.15, 0.2) is 0 Å². The second-order valence-corrected chi connectivity index (χ2v) is 8.99. The number of carbonyl (C=O) groups is 1. The van der Waals surface area contributed by atoms with Crippen LogP contribution >= 0.6 is 0 Å². The molecular weight excluding hydrogens is 376 g/mol. The van der Waals surface area contributed by atoms with E-state index in [2.05, 4.69) is 25.7 Å². The van der Waals surface area contributed by atoms with Gasteiger partial charge in [0, 0.05) is 0 Å². The largest absolute Gasteiger partial charge is 0.368 e. The molecule has 4 saturated carbocycles. The molecule has 1 N–H and O–H groups in total. The third-order valence-corrected chi connectivity index (χ3v) is 6.75. The maximum atomic E-state index is 13.2. The average molecular weight is 412 g/mol. The molecule has 0 aromatic heterocycles. The zero-order valence-corrected chi connectivity index (χ0v) is 17.6. The molecule has 1 unspecified atom stereocenters. The van der Waals surface area contributed by atoms with Gasteiger partial charge >= 0.3 is 5.25 Å². The van der Waals surface area contributed by atoms with Crippen molar-refractivity contribution in [1.82, 2.24) is 4.90 Å². The van der Waals surface area contributed by atoms with Gasteiger partial charge < -0.3 is 19.0 Å². The molecule has 8 heteroatoms. The van der Waals surface area contributed by atoms with Gasteiger partial charge in [-0.05, 0) is 75.9 Å². The molecule has 0 spiro atoms. The topological polar surface area (TPSA) is 66.8 Å². The summed E-state index contributed by atoms with van der Waals surface area (Å²) in [5.41, 5.74) is -0.433. The number of alkyl halides is 2. The maximum absolute atomic E-state index is 13.2. The number of carbonyl (C=O) groups excluding carboxylic acids is 1. The van der Waals surface area contributed by atoms with Gasteiger partial charge in [0.05, 0.1) is 5.60 Å². The van der Waals surface area contributed by atoms with Gasteiger partial charge in [-0.1, -0.05) is 20.8 Å². The lowest BCUT2D eigenvalue weighted by molar-refractivity contribution is -0.185. The van der Waals surface area contributed by atoms with Crippen molar-refractivity contribution < 1.29 is 27.1 Å². The van der Waals surface area contributed by atoms with Crippen LogP contribution in [0.15, 0.2) is 0 Å². The standard InChI is InChI=1S/C12H18F2O3S.C6H15N.CH2O/c13-12(14,18(15)16)7-17-11-4-8-1-9(5-11)3-10(2-8)6-11;1-4-7(5-2)6-3;1-2/h8-10H,1-7H2,(H,15,16);4-6H2,1-3H3;1H2. The van der Waals surface area contributed by atoms with Crippen molar-refractivity contribution in [3.63, 3.8) is 0 Å². The minimum Gasteiger partial charge on any atom is -0.368 e. The van der Waals surface area contributed by atoms with Crippen molar-refractivity contribution in [3.05, 3.63) is 0 Å². The van der Waals surface area contributed by atoms with Crippen molar-refractivity contribution in [3.8, 4) is 0 Å². The third-order valence-electron chi connectivity index (χ3n) is 6.13. The van der Waals surface area contributed by atoms with Gasteiger partial charge in [-0.15, -0.1) is 0 Å². The Morgan fingerprint density at radius 3 is 1.67 bits per heavy atom. The van der Waals surface area contributed by atoms with E-state index < -0.39 is 28.5 Å². The van der Waals surface area contributed by atoms with Crippen molar-refractivity contribution >= 4 is 17.9 Å². The molecule has 0 radical (unpaired) electrons. The third kappa shape index (κ3) is 6.84. The first-order valence-electron chi connectivity index (χ1n) is 9.87. The molecule has 4 aliphatic rings. The van der Waals surface area contributed by atoms with E-state index in [1.54, 1.807) is 0 Å². The Labute approximate surface area is 164 Å². The Bertz CT molecular complexity index is 434. The predicted molar refractivity (Wildman–Crippen MR) is 103 cm³/mol. The summed E-state index contributed by atoms with van der Waals surface area (Å²) in [4.78, 5) is 10.4. The minimum absolute atomic E-state index is 0.433. The zero-order chi connectivity index (χ0) is 20.7. The SMILES string of the molecule is C=O.CCN(CC)CC.O=S(O)C(F)(F)COC12CC3CC(CC(C3)C1)C2. The highest BCUT2D eigenvalue weighted by Gasteiger charge is 2.53. The Kier molecular flexibility index (Phi) is 9.96. The zero-order valence-electron chi connectivity index (χ0n) is 16.8. The average Bonchev–Trinajstić information content (AvgIpc) is 2.63. The molecule has 4 bridgehead atoms. The van der Waals surface area contributed by atoms with Crippen LogP contribution < -0.4 is 0 Å². The quantitative estimate of drug-likeness (QED) is 0.643. The first-order valence-corrected chi connectivity index (χ1v) is 11.0. The summed E-state index contributed by atoms with van der Waals surface area (Å²) in [5, 5.41) is -3.65. The smallest absolute Gasteiger partial charge is 0.367 e. The van der Waals surface area contributed by atoms with E-state index >= 15 is 0 Å². The lowest BCUT2D eigenvalue weighted by atomic mass is 9.54. The summed E-state index contributed by atoms with van der Waals surface area (Å²) >= 11 is -3.15. The molecule has 0 aromatic rings. The molecule has 0 aromatic carbocycles. The maximum Gasteiger partial charge on any atom is 0.367 e. The Hall–Kier alpha value is -0.440. The molecule has 0 amide bonds. The number of hydrogen-bond donors (Lipinski definition) is 1. The van der Waals surface area contributed by atoms with Crippen molar-refractivity contribution in [2.24, 2.45) is 17.8 Å². The normalized spacial score (nSPS) is 32.3. The van der Waals surface area contributed by atoms with Gasteiger partial charge in [-0.2, -0.15) is 8.78 Å². The van der Waals surface area contributed by atoms with Crippen molar-refractivity contribution in [1.29, 1.82) is 0 Å². The van der Waals surface area contributed by atoms with Crippen LogP contribution in [0.4, 0.5) is 8.78 Å². The lowest BCUT2D eigenvalue weighted by Crippen LogP contribution is -2.53. The summed E-state index contributed by atoms with van der Waals surface area (Å²) in [7, 11) is 0. The summed E-state index contributed by atoms with van der Waals surface area (Å²) < 4.78 is 50.8. The van der Waals surface area contributed by atoms with Crippen LogP contribution in [0.3, 0.4) is 0 Å². The van der Waals surface area contributed by atoms with Gasteiger partial charge in [-0.25, -0.2) is 4.21 Å². The van der Waals surface area contributed by atoms with E-state index in [0.717, 1.165) is 19.3 Å². The van der Waals surface area contributed by atoms with E-state index in [1.165, 1.54) is 38.9 Å². The molecule has 4 aliphatic carbocycles. The van der Waals surface area contributed by atoms with Crippen LogP contribution in [-0.4, -0.2) is 57.5 Å². The molecule has 160 valence electrons. The summed E-state index contributed by atoms with van der Waals surface area (Å²) in [6.07, 6.45) is 6.20. The highest BCUT2D eigenvalue weighted by atomic mass is 32.2. The minimum atomic E-state index is -3.65. The summed E-state index contributed by atoms with van der Waals surface area (Å²) in [6, 6.07) is 0. The van der Waals surface area contributed by atoms with Gasteiger partial charge in [0.1, 0.15) is 13.4 Å². The number of ether oxygens (including phenoxy) is 1. The second kappa shape index (κ2) is 10.9. The van der Waals surface area contributed by atoms with E-state index in [4.69, 9.17) is 14.1 Å². The molecule has 0 aliphatic heterocycles. The van der Waals surface area contributed by atoms with Gasteiger partial charge in [0.25, 0.3) is 0 Å². The van der Waals surface area contributed by atoms with E-state index in [9.17, 15) is 13.0 Å². The summed E-state index contributed by atoms with van der Waals surface area (Å²) in [6.45, 7) is 11.2. The number of hydrogen-bond acceptors (Lipinski definition) is 4. The van der Waals surface area contributed by atoms with Gasteiger partial charge in [-0.3, -0.25) is 0 Å². The highest BCUT2D eigenvalue weighted by Crippen LogP contribution is 2.57. The molecule has 4 rings (SSSR count). The van der Waals surface area contributed by atoms with Crippen LogP contribution in [0.1, 0.15) is 59.3 Å². The second-order valence-electron chi connectivity index (χ2n) is 7.90. The fraction of sp³-hybridized carbons (Fsp3) is 0.947. The number of rotatable bonds is 7. The van der Waals surface area contributed by atoms with E-state index in [0.29, 0.717) is 17.8 Å². The lowest BCUT2D eigenvalue weighted by Gasteiger charge is -2.56. The van der Waals surface area contributed by atoms with Gasteiger partial charge in [0.2, 0.25) is 11.1 Å².